The Bertz CT molecular complexity index is 501. The van der Waals surface area contributed by atoms with Crippen molar-refractivity contribution >= 4 is 16.5 Å². The summed E-state index contributed by atoms with van der Waals surface area (Å²) in [5.74, 6) is -0.221. The summed E-state index contributed by atoms with van der Waals surface area (Å²) in [4.78, 5) is 0. The molecule has 1 aromatic heterocycles. The van der Waals surface area contributed by atoms with Crippen LogP contribution in [0.2, 0.25) is 0 Å². The molecule has 19 heavy (non-hydrogen) atoms. The number of nitrogens with one attached hydrogen (secondary N) is 1. The minimum absolute atomic E-state index is 0.221. The van der Waals surface area contributed by atoms with Crippen LogP contribution in [0.15, 0.2) is 24.3 Å². The van der Waals surface area contributed by atoms with Crippen molar-refractivity contribution in [1.29, 1.82) is 0 Å². The molecule has 0 saturated carbocycles. The van der Waals surface area contributed by atoms with Gasteiger partial charge in [0.15, 0.2) is 0 Å². The third-order valence-corrected chi connectivity index (χ3v) is 3.42. The summed E-state index contributed by atoms with van der Waals surface area (Å²) >= 11 is 1.52. The molecular weight excluding hydrogens is 265 g/mol. The Hall–Kier alpha value is -1.53. The van der Waals surface area contributed by atoms with Crippen LogP contribution in [0.3, 0.4) is 0 Å². The van der Waals surface area contributed by atoms with Crippen molar-refractivity contribution in [2.45, 2.75) is 12.8 Å². The average Bonchev–Trinajstić information content (AvgIpc) is 2.85. The molecule has 0 spiro atoms. The number of halogens is 1. The predicted molar refractivity (Wildman–Crippen MR) is 74.1 cm³/mol. The number of hydrogen-bond acceptors (Lipinski definition) is 5. The van der Waals surface area contributed by atoms with Gasteiger partial charge in [-0.15, -0.1) is 10.2 Å². The Kier molecular flexibility index (Phi) is 5.23. The van der Waals surface area contributed by atoms with E-state index < -0.39 is 0 Å². The zero-order valence-electron chi connectivity index (χ0n) is 10.7. The Morgan fingerprint density at radius 1 is 1.26 bits per heavy atom. The minimum atomic E-state index is -0.221. The van der Waals surface area contributed by atoms with Gasteiger partial charge in [-0.3, -0.25) is 0 Å². The molecule has 1 heterocycles. The van der Waals surface area contributed by atoms with Gasteiger partial charge >= 0.3 is 0 Å². The van der Waals surface area contributed by atoms with Crippen LogP contribution in [-0.4, -0.2) is 30.5 Å². The SMILES string of the molecule is COCCCNc1nnc(Cc2ccc(F)cc2)s1. The average molecular weight is 281 g/mol. The van der Waals surface area contributed by atoms with E-state index >= 15 is 0 Å². The maximum Gasteiger partial charge on any atom is 0.205 e. The first-order chi connectivity index (χ1) is 9.28. The third kappa shape index (κ3) is 4.57. The summed E-state index contributed by atoms with van der Waals surface area (Å²) < 4.78 is 17.8. The Balaban J connectivity index is 1.85. The quantitative estimate of drug-likeness (QED) is 0.793. The van der Waals surface area contributed by atoms with E-state index in [9.17, 15) is 4.39 Å². The summed E-state index contributed by atoms with van der Waals surface area (Å²) in [5.41, 5.74) is 1.03. The van der Waals surface area contributed by atoms with Gasteiger partial charge in [0.05, 0.1) is 0 Å². The van der Waals surface area contributed by atoms with Gasteiger partial charge in [-0.25, -0.2) is 4.39 Å². The van der Waals surface area contributed by atoms with Gasteiger partial charge in [0.2, 0.25) is 5.13 Å². The fourth-order valence-electron chi connectivity index (χ4n) is 1.59. The fraction of sp³-hybridized carbons (Fsp3) is 0.385. The summed E-state index contributed by atoms with van der Waals surface area (Å²) in [6.07, 6.45) is 1.61. The molecule has 0 amide bonds. The monoisotopic (exact) mass is 281 g/mol. The van der Waals surface area contributed by atoms with E-state index in [4.69, 9.17) is 4.74 Å². The lowest BCUT2D eigenvalue weighted by Gasteiger charge is -2.00. The van der Waals surface area contributed by atoms with Crippen molar-refractivity contribution < 1.29 is 9.13 Å². The lowest BCUT2D eigenvalue weighted by atomic mass is 10.2. The smallest absolute Gasteiger partial charge is 0.205 e. The van der Waals surface area contributed by atoms with E-state index in [1.54, 1.807) is 19.2 Å². The molecule has 0 fully saturated rings. The molecule has 102 valence electrons. The van der Waals surface area contributed by atoms with E-state index in [-0.39, 0.29) is 5.82 Å². The van der Waals surface area contributed by atoms with Crippen LogP contribution >= 0.6 is 11.3 Å². The van der Waals surface area contributed by atoms with Gasteiger partial charge in [0, 0.05) is 26.7 Å². The zero-order chi connectivity index (χ0) is 13.5. The largest absolute Gasteiger partial charge is 0.385 e. The first kappa shape index (κ1) is 13.9. The Morgan fingerprint density at radius 3 is 2.79 bits per heavy atom. The van der Waals surface area contributed by atoms with Crippen LogP contribution in [0.25, 0.3) is 0 Å². The topological polar surface area (TPSA) is 47.0 Å². The number of anilines is 1. The minimum Gasteiger partial charge on any atom is -0.385 e. The second-order valence-corrected chi connectivity index (χ2v) is 5.14. The molecule has 0 unspecified atom stereocenters. The lowest BCUT2D eigenvalue weighted by molar-refractivity contribution is 0.198. The predicted octanol–water partition coefficient (Wildman–Crippen LogP) is 2.72. The highest BCUT2D eigenvalue weighted by atomic mass is 32.1. The molecule has 0 atom stereocenters. The summed E-state index contributed by atoms with van der Waals surface area (Å²) in [7, 11) is 1.69. The van der Waals surface area contributed by atoms with Gasteiger partial charge in [0.25, 0.3) is 0 Å². The van der Waals surface area contributed by atoms with E-state index in [1.165, 1.54) is 23.5 Å². The molecule has 6 heteroatoms. The number of aromatic nitrogens is 2. The van der Waals surface area contributed by atoms with E-state index in [1.807, 2.05) is 0 Å². The van der Waals surface area contributed by atoms with Crippen LogP contribution in [0.5, 0.6) is 0 Å². The molecule has 0 radical (unpaired) electrons. The molecule has 1 N–H and O–H groups in total. The molecule has 0 saturated heterocycles. The van der Waals surface area contributed by atoms with Crippen molar-refractivity contribution in [3.05, 3.63) is 40.7 Å². The summed E-state index contributed by atoms with van der Waals surface area (Å²) in [6.45, 7) is 1.55. The molecule has 2 rings (SSSR count). The number of benzene rings is 1. The molecule has 0 aliphatic rings. The van der Waals surface area contributed by atoms with Gasteiger partial charge in [-0.2, -0.15) is 0 Å². The first-order valence-electron chi connectivity index (χ1n) is 6.07. The maximum atomic E-state index is 12.8. The number of hydrogen-bond donors (Lipinski definition) is 1. The highest BCUT2D eigenvalue weighted by Gasteiger charge is 2.04. The lowest BCUT2D eigenvalue weighted by Crippen LogP contribution is -2.04. The number of methoxy groups -OCH3 is 1. The van der Waals surface area contributed by atoms with Crippen LogP contribution in [-0.2, 0) is 11.2 Å². The van der Waals surface area contributed by atoms with E-state index in [0.717, 1.165) is 35.3 Å². The molecule has 0 aliphatic carbocycles. The maximum absolute atomic E-state index is 12.8. The highest BCUT2D eigenvalue weighted by molar-refractivity contribution is 7.15. The molecule has 1 aromatic carbocycles. The van der Waals surface area contributed by atoms with Crippen molar-refractivity contribution in [2.75, 3.05) is 25.6 Å². The zero-order valence-corrected chi connectivity index (χ0v) is 11.5. The van der Waals surface area contributed by atoms with Gasteiger partial charge in [-0.05, 0) is 24.1 Å². The van der Waals surface area contributed by atoms with Crippen molar-refractivity contribution in [1.82, 2.24) is 10.2 Å². The van der Waals surface area contributed by atoms with Crippen LogP contribution in [0.4, 0.5) is 9.52 Å². The summed E-state index contributed by atoms with van der Waals surface area (Å²) in [5, 5.41) is 13.1. The van der Waals surface area contributed by atoms with E-state index in [0.29, 0.717) is 6.42 Å². The highest BCUT2D eigenvalue weighted by Crippen LogP contribution is 2.18. The van der Waals surface area contributed by atoms with Crippen LogP contribution in [0.1, 0.15) is 17.0 Å². The summed E-state index contributed by atoms with van der Waals surface area (Å²) in [6, 6.07) is 6.45. The second-order valence-electron chi connectivity index (χ2n) is 4.08. The second kappa shape index (κ2) is 7.16. The fourth-order valence-corrected chi connectivity index (χ4v) is 2.38. The normalized spacial score (nSPS) is 10.6. The molecular formula is C13H16FN3OS. The third-order valence-electron chi connectivity index (χ3n) is 2.54. The Labute approximate surface area is 115 Å². The van der Waals surface area contributed by atoms with Crippen molar-refractivity contribution in [3.63, 3.8) is 0 Å². The van der Waals surface area contributed by atoms with Gasteiger partial charge in [0.1, 0.15) is 10.8 Å². The standard InChI is InChI=1S/C13H16FN3OS/c1-18-8-2-7-15-13-17-16-12(19-13)9-10-3-5-11(14)6-4-10/h3-6H,2,7-9H2,1H3,(H,15,17). The number of rotatable bonds is 7. The van der Waals surface area contributed by atoms with Gasteiger partial charge < -0.3 is 10.1 Å². The Morgan fingerprint density at radius 2 is 2.05 bits per heavy atom. The molecule has 2 aromatic rings. The van der Waals surface area contributed by atoms with Crippen LogP contribution < -0.4 is 5.32 Å². The van der Waals surface area contributed by atoms with Gasteiger partial charge in [-0.1, -0.05) is 23.5 Å². The van der Waals surface area contributed by atoms with E-state index in [2.05, 4.69) is 15.5 Å². The van der Waals surface area contributed by atoms with Crippen LogP contribution in [0, 0.1) is 5.82 Å². The molecule has 4 nitrogen and oxygen atoms in total. The first-order valence-corrected chi connectivity index (χ1v) is 6.89. The molecule has 0 bridgehead atoms. The van der Waals surface area contributed by atoms with Crippen molar-refractivity contribution in [2.24, 2.45) is 0 Å². The number of ether oxygens (including phenoxy) is 1. The molecule has 0 aliphatic heterocycles. The van der Waals surface area contributed by atoms with Crippen molar-refractivity contribution in [3.8, 4) is 0 Å². The number of nitrogens with zero attached hydrogens (tertiary/aromatic N) is 2.